The number of rotatable bonds is 4. The van der Waals surface area contributed by atoms with Gasteiger partial charge < -0.3 is 15.8 Å². The number of primary amides is 1. The number of nitrogens with zero attached hydrogens (tertiary/aromatic N) is 3. The third-order valence-electron chi connectivity index (χ3n) is 2.81. The first kappa shape index (κ1) is 22.3. The Hall–Kier alpha value is -2.75. The van der Waals surface area contributed by atoms with Gasteiger partial charge in [-0.25, -0.2) is 9.37 Å². The molecule has 0 spiro atoms. The highest BCUT2D eigenvalue weighted by atomic mass is 19.4. The number of alkyl halides is 3. The fourth-order valence-corrected chi connectivity index (χ4v) is 1.63. The molecule has 0 bridgehead atoms. The third-order valence-corrected chi connectivity index (χ3v) is 2.81. The van der Waals surface area contributed by atoms with Crippen molar-refractivity contribution in [3.8, 4) is 5.75 Å². The molecule has 0 aliphatic heterocycles. The lowest BCUT2D eigenvalue weighted by atomic mass is 10.1. The first-order valence-electron chi connectivity index (χ1n) is 7.66. The standard InChI is InChI=1S/C12H14F4NO.C5H5N3O/c1-11(2,3)17-7-8-5-4-6-9(10(8)13)18-12(14,15)16;6-5(9)4-3-7-1-2-8-4/h4-6H,7H2,1-3H3;1-3H,(H2,6,9)/q-1;. The molecule has 1 aromatic heterocycles. The molecule has 0 fully saturated rings. The van der Waals surface area contributed by atoms with Crippen molar-refractivity contribution in [1.82, 2.24) is 9.97 Å². The van der Waals surface area contributed by atoms with Crippen molar-refractivity contribution in [2.75, 3.05) is 0 Å². The number of halogens is 4. The Morgan fingerprint density at radius 2 is 1.89 bits per heavy atom. The van der Waals surface area contributed by atoms with Gasteiger partial charge in [-0.2, -0.15) is 0 Å². The number of carbonyl (C=O) groups is 1. The molecule has 2 aromatic rings. The van der Waals surface area contributed by atoms with Gasteiger partial charge in [0.2, 0.25) is 0 Å². The number of hydrogen-bond donors (Lipinski definition) is 1. The predicted octanol–water partition coefficient (Wildman–Crippen LogP) is 3.97. The summed E-state index contributed by atoms with van der Waals surface area (Å²) in [4.78, 5) is 17.6. The predicted molar refractivity (Wildman–Crippen MR) is 90.4 cm³/mol. The van der Waals surface area contributed by atoms with Crippen molar-refractivity contribution in [3.05, 3.63) is 59.2 Å². The van der Waals surface area contributed by atoms with E-state index in [9.17, 15) is 22.4 Å². The summed E-state index contributed by atoms with van der Waals surface area (Å²) in [5, 5.41) is 4.15. The van der Waals surface area contributed by atoms with Gasteiger partial charge in [0, 0.05) is 12.4 Å². The number of ether oxygens (including phenoxy) is 1. The van der Waals surface area contributed by atoms with Crippen LogP contribution in [0.4, 0.5) is 17.6 Å². The molecule has 1 amide bonds. The Balaban J connectivity index is 0.000000337. The normalized spacial score (nSPS) is 11.4. The summed E-state index contributed by atoms with van der Waals surface area (Å²) in [7, 11) is 0. The highest BCUT2D eigenvalue weighted by molar-refractivity contribution is 5.90. The lowest BCUT2D eigenvalue weighted by molar-refractivity contribution is -0.275. The van der Waals surface area contributed by atoms with E-state index < -0.39 is 23.8 Å². The second-order valence-corrected chi connectivity index (χ2v) is 6.22. The molecule has 0 unspecified atom stereocenters. The van der Waals surface area contributed by atoms with Gasteiger partial charge in [0.05, 0.1) is 6.20 Å². The van der Waals surface area contributed by atoms with E-state index in [2.05, 4.69) is 20.0 Å². The number of aromatic nitrogens is 2. The number of hydrogen-bond acceptors (Lipinski definition) is 4. The second kappa shape index (κ2) is 9.26. The zero-order valence-corrected chi connectivity index (χ0v) is 14.9. The van der Waals surface area contributed by atoms with Crippen LogP contribution in [0.3, 0.4) is 0 Å². The Morgan fingerprint density at radius 3 is 2.33 bits per heavy atom. The zero-order chi connectivity index (χ0) is 20.7. The minimum absolute atomic E-state index is 0.00436. The average Bonchev–Trinajstić information content (AvgIpc) is 2.55. The summed E-state index contributed by atoms with van der Waals surface area (Å²) in [6, 6.07) is 3.62. The van der Waals surface area contributed by atoms with Crippen LogP contribution < -0.4 is 10.5 Å². The molecule has 10 heteroatoms. The molecular formula is C17H19F4N4O2-. The fraction of sp³-hybridized carbons (Fsp3) is 0.353. The molecule has 6 nitrogen and oxygen atoms in total. The Bertz CT molecular complexity index is 747. The van der Waals surface area contributed by atoms with Crippen LogP contribution in [-0.4, -0.2) is 27.8 Å². The molecule has 0 radical (unpaired) electrons. The summed E-state index contributed by atoms with van der Waals surface area (Å²) < 4.78 is 53.3. The molecule has 0 aliphatic rings. The summed E-state index contributed by atoms with van der Waals surface area (Å²) in [6.07, 6.45) is -0.685. The summed E-state index contributed by atoms with van der Waals surface area (Å²) >= 11 is 0. The van der Waals surface area contributed by atoms with Gasteiger partial charge in [0.15, 0.2) is 11.6 Å². The summed E-state index contributed by atoms with van der Waals surface area (Å²) in [5.41, 5.74) is 4.76. The first-order valence-corrected chi connectivity index (χ1v) is 7.66. The van der Waals surface area contributed by atoms with Crippen molar-refractivity contribution >= 4 is 5.91 Å². The molecular weight excluding hydrogens is 368 g/mol. The van der Waals surface area contributed by atoms with Gasteiger partial charge in [-0.15, -0.1) is 25.3 Å². The highest BCUT2D eigenvalue weighted by Crippen LogP contribution is 2.29. The largest absolute Gasteiger partial charge is 0.654 e. The molecule has 1 heterocycles. The Labute approximate surface area is 153 Å². The number of nitrogens with two attached hydrogens (primary N) is 1. The smallest absolute Gasteiger partial charge is 0.573 e. The van der Waals surface area contributed by atoms with Crippen LogP contribution in [-0.2, 0) is 6.54 Å². The van der Waals surface area contributed by atoms with E-state index in [-0.39, 0.29) is 23.3 Å². The summed E-state index contributed by atoms with van der Waals surface area (Å²) in [6.45, 7) is 5.47. The van der Waals surface area contributed by atoms with E-state index in [1.807, 2.05) is 20.8 Å². The Kier molecular flexibility index (Phi) is 7.65. The maximum absolute atomic E-state index is 13.7. The van der Waals surface area contributed by atoms with Crippen LogP contribution >= 0.6 is 0 Å². The van der Waals surface area contributed by atoms with Crippen LogP contribution in [0.1, 0.15) is 36.8 Å². The fourth-order valence-electron chi connectivity index (χ4n) is 1.63. The molecule has 1 aromatic carbocycles. The molecule has 0 atom stereocenters. The molecule has 0 saturated carbocycles. The van der Waals surface area contributed by atoms with Crippen LogP contribution in [0.5, 0.6) is 5.75 Å². The molecule has 2 rings (SSSR count). The van der Waals surface area contributed by atoms with Gasteiger partial charge in [-0.1, -0.05) is 32.9 Å². The average molecular weight is 387 g/mol. The third kappa shape index (κ3) is 8.95. The highest BCUT2D eigenvalue weighted by Gasteiger charge is 2.32. The van der Waals surface area contributed by atoms with Crippen molar-refractivity contribution in [2.45, 2.75) is 39.2 Å². The van der Waals surface area contributed by atoms with Crippen molar-refractivity contribution in [2.24, 2.45) is 5.73 Å². The van der Waals surface area contributed by atoms with Crippen LogP contribution in [0.25, 0.3) is 5.32 Å². The van der Waals surface area contributed by atoms with Crippen molar-refractivity contribution in [1.29, 1.82) is 0 Å². The molecule has 2 N–H and O–H groups in total. The van der Waals surface area contributed by atoms with E-state index in [1.165, 1.54) is 30.7 Å². The zero-order valence-electron chi connectivity index (χ0n) is 14.9. The van der Waals surface area contributed by atoms with E-state index in [1.54, 1.807) is 0 Å². The van der Waals surface area contributed by atoms with E-state index in [4.69, 9.17) is 5.73 Å². The topological polar surface area (TPSA) is 92.2 Å². The van der Waals surface area contributed by atoms with E-state index >= 15 is 0 Å². The van der Waals surface area contributed by atoms with E-state index in [0.717, 1.165) is 6.07 Å². The van der Waals surface area contributed by atoms with Gasteiger partial charge in [0.1, 0.15) is 5.69 Å². The second-order valence-electron chi connectivity index (χ2n) is 6.22. The van der Waals surface area contributed by atoms with Gasteiger partial charge >= 0.3 is 6.36 Å². The summed E-state index contributed by atoms with van der Waals surface area (Å²) in [5.74, 6) is -2.41. The minimum Gasteiger partial charge on any atom is -0.654 e. The Morgan fingerprint density at radius 1 is 1.22 bits per heavy atom. The monoisotopic (exact) mass is 387 g/mol. The minimum atomic E-state index is -4.90. The molecule has 0 saturated heterocycles. The number of benzene rings is 1. The molecule has 27 heavy (non-hydrogen) atoms. The lowest BCUT2D eigenvalue weighted by Gasteiger charge is -2.36. The van der Waals surface area contributed by atoms with E-state index in [0.29, 0.717) is 0 Å². The quantitative estimate of drug-likeness (QED) is 0.804. The first-order chi connectivity index (χ1) is 12.4. The van der Waals surface area contributed by atoms with Crippen LogP contribution in [0.2, 0.25) is 0 Å². The number of amides is 1. The maximum atomic E-state index is 13.7. The van der Waals surface area contributed by atoms with Gasteiger partial charge in [-0.3, -0.25) is 9.78 Å². The maximum Gasteiger partial charge on any atom is 0.573 e. The molecule has 148 valence electrons. The van der Waals surface area contributed by atoms with Crippen LogP contribution in [0.15, 0.2) is 36.8 Å². The van der Waals surface area contributed by atoms with Gasteiger partial charge in [-0.05, 0) is 11.6 Å². The number of carbonyl (C=O) groups excluding carboxylic acids is 1. The van der Waals surface area contributed by atoms with Crippen LogP contribution in [0, 0.1) is 5.82 Å². The van der Waals surface area contributed by atoms with Crippen molar-refractivity contribution < 1.29 is 27.1 Å². The molecule has 0 aliphatic carbocycles. The lowest BCUT2D eigenvalue weighted by Crippen LogP contribution is -2.18. The van der Waals surface area contributed by atoms with Crippen molar-refractivity contribution in [3.63, 3.8) is 0 Å². The SMILES string of the molecule is CC(C)(C)[N-]Cc1cccc(OC(F)(F)F)c1F.NC(=O)c1cnccn1. The van der Waals surface area contributed by atoms with Gasteiger partial charge in [0.25, 0.3) is 5.91 Å².